The standard InChI is InChI=1S/C6H5Cl.CCl2S/c7-6-4-2-1-3-5-6;2-1(3)4/h1-5H;. The molecule has 0 fully saturated rings. The molecule has 0 radical (unpaired) electrons. The molecule has 0 saturated heterocycles. The largest absolute Gasteiger partial charge is 0.169 e. The van der Waals surface area contributed by atoms with E-state index in [1.54, 1.807) is 0 Å². The van der Waals surface area contributed by atoms with Crippen molar-refractivity contribution in [3.05, 3.63) is 35.4 Å². The van der Waals surface area contributed by atoms with Crippen molar-refractivity contribution in [2.45, 2.75) is 0 Å². The van der Waals surface area contributed by atoms with Crippen molar-refractivity contribution in [2.75, 3.05) is 0 Å². The normalized spacial score (nSPS) is 7.91. The van der Waals surface area contributed by atoms with Gasteiger partial charge in [-0.05, 0) is 12.1 Å². The second-order valence-corrected chi connectivity index (χ2v) is 3.76. The first-order valence-corrected chi connectivity index (χ1v) is 4.22. The van der Waals surface area contributed by atoms with Gasteiger partial charge in [0.1, 0.15) is 0 Å². The monoisotopic (exact) mass is 226 g/mol. The van der Waals surface area contributed by atoms with Crippen molar-refractivity contribution in [1.29, 1.82) is 0 Å². The third-order valence-electron chi connectivity index (χ3n) is 0.733. The van der Waals surface area contributed by atoms with Crippen LogP contribution in [0.4, 0.5) is 0 Å². The van der Waals surface area contributed by atoms with Crippen molar-refractivity contribution < 1.29 is 0 Å². The number of hydrogen-bond acceptors (Lipinski definition) is 1. The summed E-state index contributed by atoms with van der Waals surface area (Å²) in [6.07, 6.45) is 0. The molecule has 0 spiro atoms. The van der Waals surface area contributed by atoms with Crippen LogP contribution in [0, 0.1) is 0 Å². The summed E-state index contributed by atoms with van der Waals surface area (Å²) in [5.74, 6) is 0. The van der Waals surface area contributed by atoms with E-state index in [1.807, 2.05) is 30.3 Å². The van der Waals surface area contributed by atoms with E-state index in [1.165, 1.54) is 0 Å². The molecule has 0 aliphatic heterocycles. The summed E-state index contributed by atoms with van der Waals surface area (Å²) in [7, 11) is 0. The molecule has 60 valence electrons. The number of thiocarbonyl (C=S) groups is 1. The maximum absolute atomic E-state index is 5.54. The number of rotatable bonds is 0. The van der Waals surface area contributed by atoms with Gasteiger partial charge in [0.15, 0.2) is 3.78 Å². The molecule has 0 saturated carbocycles. The fourth-order valence-electron chi connectivity index (χ4n) is 0.415. The summed E-state index contributed by atoms with van der Waals surface area (Å²) >= 11 is 19.2. The average Bonchev–Trinajstić information content (AvgIpc) is 1.87. The Morgan fingerprint density at radius 3 is 1.64 bits per heavy atom. The fourth-order valence-corrected chi connectivity index (χ4v) is 0.560. The van der Waals surface area contributed by atoms with E-state index in [-0.39, 0.29) is 3.78 Å². The lowest BCUT2D eigenvalue weighted by molar-refractivity contribution is 1.71. The maximum Gasteiger partial charge on any atom is 0.169 e. The molecule has 0 bridgehead atoms. The number of hydrogen-bond donors (Lipinski definition) is 0. The molecule has 0 heterocycles. The highest BCUT2D eigenvalue weighted by molar-refractivity contribution is 7.86. The Labute approximate surface area is 86.1 Å². The molecule has 1 rings (SSSR count). The molecular formula is C7H5Cl3S. The highest BCUT2D eigenvalue weighted by Crippen LogP contribution is 2.03. The van der Waals surface area contributed by atoms with Gasteiger partial charge in [0, 0.05) is 5.02 Å². The summed E-state index contributed by atoms with van der Waals surface area (Å²) in [4.78, 5) is 0. The third kappa shape index (κ3) is 10.2. The minimum atomic E-state index is -0.0556. The van der Waals surface area contributed by atoms with E-state index in [4.69, 9.17) is 34.8 Å². The quantitative estimate of drug-likeness (QED) is 0.475. The van der Waals surface area contributed by atoms with E-state index in [9.17, 15) is 0 Å². The van der Waals surface area contributed by atoms with E-state index >= 15 is 0 Å². The Morgan fingerprint density at radius 2 is 1.45 bits per heavy atom. The fraction of sp³-hybridized carbons (Fsp3) is 0. The predicted molar refractivity (Wildman–Crippen MR) is 55.8 cm³/mol. The van der Waals surface area contributed by atoms with Gasteiger partial charge in [-0.25, -0.2) is 0 Å². The molecule has 0 aliphatic rings. The van der Waals surface area contributed by atoms with Crippen LogP contribution < -0.4 is 0 Å². The average molecular weight is 228 g/mol. The van der Waals surface area contributed by atoms with Crippen LogP contribution >= 0.6 is 47.0 Å². The second kappa shape index (κ2) is 6.86. The van der Waals surface area contributed by atoms with Crippen molar-refractivity contribution in [3.63, 3.8) is 0 Å². The van der Waals surface area contributed by atoms with Crippen molar-refractivity contribution >= 4 is 50.8 Å². The van der Waals surface area contributed by atoms with Gasteiger partial charge in [0.05, 0.1) is 0 Å². The van der Waals surface area contributed by atoms with Crippen LogP contribution in [-0.2, 0) is 0 Å². The van der Waals surface area contributed by atoms with Crippen molar-refractivity contribution in [3.8, 4) is 0 Å². The first-order chi connectivity index (χ1) is 5.13. The number of halogens is 3. The van der Waals surface area contributed by atoms with E-state index < -0.39 is 0 Å². The predicted octanol–water partition coefficient (Wildman–Crippen LogP) is 4.09. The minimum absolute atomic E-state index is 0.0556. The zero-order valence-corrected chi connectivity index (χ0v) is 8.51. The summed E-state index contributed by atoms with van der Waals surface area (Å²) in [6.45, 7) is 0. The molecule has 0 unspecified atom stereocenters. The lowest BCUT2D eigenvalue weighted by atomic mass is 10.4. The van der Waals surface area contributed by atoms with Gasteiger partial charge in [0.25, 0.3) is 0 Å². The van der Waals surface area contributed by atoms with Gasteiger partial charge < -0.3 is 0 Å². The highest BCUT2D eigenvalue weighted by atomic mass is 35.5. The topological polar surface area (TPSA) is 0 Å². The van der Waals surface area contributed by atoms with Crippen LogP contribution in [0.1, 0.15) is 0 Å². The molecule has 1 aromatic rings. The van der Waals surface area contributed by atoms with Crippen molar-refractivity contribution in [1.82, 2.24) is 0 Å². The van der Waals surface area contributed by atoms with Gasteiger partial charge in [-0.1, -0.05) is 65.2 Å². The van der Waals surface area contributed by atoms with Gasteiger partial charge in [-0.15, -0.1) is 0 Å². The van der Waals surface area contributed by atoms with E-state index in [2.05, 4.69) is 12.2 Å². The van der Waals surface area contributed by atoms with Crippen LogP contribution in [0.5, 0.6) is 0 Å². The Morgan fingerprint density at radius 1 is 1.09 bits per heavy atom. The molecule has 0 atom stereocenters. The Balaban J connectivity index is 0.000000218. The van der Waals surface area contributed by atoms with Crippen LogP contribution in [0.15, 0.2) is 30.3 Å². The molecule has 0 aromatic heterocycles. The summed E-state index contributed by atoms with van der Waals surface area (Å²) in [5, 5.41) is 0.794. The van der Waals surface area contributed by atoms with Crippen LogP contribution in [0.2, 0.25) is 5.02 Å². The molecule has 0 aliphatic carbocycles. The second-order valence-electron chi connectivity index (χ2n) is 1.52. The maximum atomic E-state index is 5.54. The lowest BCUT2D eigenvalue weighted by Crippen LogP contribution is -1.55. The molecule has 11 heavy (non-hydrogen) atoms. The molecular weight excluding hydrogens is 223 g/mol. The lowest BCUT2D eigenvalue weighted by Gasteiger charge is -1.80. The molecule has 0 amide bonds. The van der Waals surface area contributed by atoms with Crippen molar-refractivity contribution in [2.24, 2.45) is 0 Å². The van der Waals surface area contributed by atoms with Gasteiger partial charge in [-0.2, -0.15) is 0 Å². The zero-order chi connectivity index (χ0) is 8.69. The van der Waals surface area contributed by atoms with Gasteiger partial charge in [0.2, 0.25) is 0 Å². The molecule has 0 nitrogen and oxygen atoms in total. The first-order valence-electron chi connectivity index (χ1n) is 2.68. The molecule has 1 aromatic carbocycles. The van der Waals surface area contributed by atoms with E-state index in [0.29, 0.717) is 0 Å². The zero-order valence-electron chi connectivity index (χ0n) is 5.43. The Hall–Kier alpha value is 0.180. The minimum Gasteiger partial charge on any atom is -0.0843 e. The Bertz CT molecular complexity index is 206. The van der Waals surface area contributed by atoms with Crippen LogP contribution in [0.25, 0.3) is 0 Å². The smallest absolute Gasteiger partial charge is 0.0843 e. The molecule has 4 heteroatoms. The van der Waals surface area contributed by atoms with Crippen LogP contribution in [0.3, 0.4) is 0 Å². The highest BCUT2D eigenvalue weighted by Gasteiger charge is 1.74. The Kier molecular flexibility index (Phi) is 6.98. The summed E-state index contributed by atoms with van der Waals surface area (Å²) < 4.78 is -0.0556. The van der Waals surface area contributed by atoms with Crippen LogP contribution in [-0.4, -0.2) is 3.78 Å². The summed E-state index contributed by atoms with van der Waals surface area (Å²) in [5.41, 5.74) is 0. The molecule has 0 N–H and O–H groups in total. The summed E-state index contributed by atoms with van der Waals surface area (Å²) in [6, 6.07) is 9.44. The number of benzene rings is 1. The van der Waals surface area contributed by atoms with Gasteiger partial charge >= 0.3 is 0 Å². The SMILES string of the molecule is Clc1ccccc1.S=C(Cl)Cl. The first kappa shape index (κ1) is 11.2. The third-order valence-corrected chi connectivity index (χ3v) is 0.985. The van der Waals surface area contributed by atoms with Gasteiger partial charge in [-0.3, -0.25) is 0 Å². The van der Waals surface area contributed by atoms with E-state index in [0.717, 1.165) is 5.02 Å².